The van der Waals surface area contributed by atoms with Gasteiger partial charge in [-0.3, -0.25) is 4.79 Å². The summed E-state index contributed by atoms with van der Waals surface area (Å²) in [6.07, 6.45) is 0.467. The van der Waals surface area contributed by atoms with Gasteiger partial charge in [0, 0.05) is 6.07 Å². The van der Waals surface area contributed by atoms with E-state index in [9.17, 15) is 19.4 Å². The lowest BCUT2D eigenvalue weighted by atomic mass is 9.98. The molecule has 0 spiro atoms. The van der Waals surface area contributed by atoms with Gasteiger partial charge in [-0.1, -0.05) is 13.0 Å². The SMILES string of the molecule is CCC(CO)(CO)NC(=O)CCOc1cccc(F)c1. The number of aliphatic hydroxyl groups is 2. The molecule has 0 radical (unpaired) electrons. The van der Waals surface area contributed by atoms with Crippen LogP contribution in [0.4, 0.5) is 4.39 Å². The fraction of sp³-hybridized carbons (Fsp3) is 0.500. The lowest BCUT2D eigenvalue weighted by molar-refractivity contribution is -0.125. The Morgan fingerprint density at radius 2 is 2.10 bits per heavy atom. The van der Waals surface area contributed by atoms with Gasteiger partial charge in [-0.05, 0) is 18.6 Å². The summed E-state index contributed by atoms with van der Waals surface area (Å²) >= 11 is 0. The zero-order valence-corrected chi connectivity index (χ0v) is 11.4. The minimum Gasteiger partial charge on any atom is -0.493 e. The molecular weight excluding hydrogens is 265 g/mol. The van der Waals surface area contributed by atoms with Crippen LogP contribution in [0, 0.1) is 5.82 Å². The van der Waals surface area contributed by atoms with E-state index in [-0.39, 0.29) is 32.1 Å². The Morgan fingerprint density at radius 3 is 2.65 bits per heavy atom. The Labute approximate surface area is 117 Å². The number of hydrogen-bond donors (Lipinski definition) is 3. The standard InChI is InChI=1S/C14H20FNO4/c1-2-14(9-17,10-18)16-13(19)6-7-20-12-5-3-4-11(15)8-12/h3-5,8,17-18H,2,6-7,9-10H2,1H3,(H,16,19). The summed E-state index contributed by atoms with van der Waals surface area (Å²) in [6, 6.07) is 5.65. The molecule has 3 N–H and O–H groups in total. The summed E-state index contributed by atoms with van der Waals surface area (Å²) in [6.45, 7) is 1.18. The van der Waals surface area contributed by atoms with Gasteiger partial charge in [0.2, 0.25) is 5.91 Å². The van der Waals surface area contributed by atoms with Gasteiger partial charge in [0.1, 0.15) is 11.6 Å². The zero-order valence-electron chi connectivity index (χ0n) is 11.4. The largest absolute Gasteiger partial charge is 0.493 e. The number of aliphatic hydroxyl groups excluding tert-OH is 2. The molecule has 0 bridgehead atoms. The van der Waals surface area contributed by atoms with Crippen molar-refractivity contribution in [3.8, 4) is 5.75 Å². The van der Waals surface area contributed by atoms with E-state index >= 15 is 0 Å². The van der Waals surface area contributed by atoms with Crippen LogP contribution in [0.25, 0.3) is 0 Å². The Bertz CT molecular complexity index is 427. The predicted octanol–water partition coefficient (Wildman–Crippen LogP) is 0.844. The maximum absolute atomic E-state index is 12.9. The second-order valence-corrected chi connectivity index (χ2v) is 4.55. The topological polar surface area (TPSA) is 78.8 Å². The molecule has 0 fully saturated rings. The van der Waals surface area contributed by atoms with Crippen LogP contribution >= 0.6 is 0 Å². The molecule has 0 heterocycles. The van der Waals surface area contributed by atoms with E-state index in [2.05, 4.69) is 5.32 Å². The van der Waals surface area contributed by atoms with Gasteiger partial charge in [-0.2, -0.15) is 0 Å². The van der Waals surface area contributed by atoms with Crippen LogP contribution in [0.2, 0.25) is 0 Å². The van der Waals surface area contributed by atoms with E-state index in [1.165, 1.54) is 18.2 Å². The molecule has 20 heavy (non-hydrogen) atoms. The summed E-state index contributed by atoms with van der Waals surface area (Å²) < 4.78 is 18.1. The van der Waals surface area contributed by atoms with Crippen LogP contribution in [0.15, 0.2) is 24.3 Å². The van der Waals surface area contributed by atoms with Gasteiger partial charge < -0.3 is 20.3 Å². The molecule has 0 atom stereocenters. The molecule has 1 aromatic carbocycles. The summed E-state index contributed by atoms with van der Waals surface area (Å²) in [5.41, 5.74) is -1.00. The molecule has 0 unspecified atom stereocenters. The molecule has 112 valence electrons. The number of hydrogen-bond acceptors (Lipinski definition) is 4. The first-order valence-electron chi connectivity index (χ1n) is 6.46. The summed E-state index contributed by atoms with van der Waals surface area (Å²) in [7, 11) is 0. The van der Waals surface area contributed by atoms with Gasteiger partial charge in [0.05, 0.1) is 31.8 Å². The molecule has 0 saturated carbocycles. The molecule has 5 nitrogen and oxygen atoms in total. The second-order valence-electron chi connectivity index (χ2n) is 4.55. The Hall–Kier alpha value is -1.66. The van der Waals surface area contributed by atoms with Crippen molar-refractivity contribution in [2.45, 2.75) is 25.3 Å². The van der Waals surface area contributed by atoms with Crippen molar-refractivity contribution in [1.82, 2.24) is 5.32 Å². The third kappa shape index (κ3) is 4.79. The number of carbonyl (C=O) groups excluding carboxylic acids is 1. The van der Waals surface area contributed by atoms with Crippen molar-refractivity contribution >= 4 is 5.91 Å². The molecule has 0 aromatic heterocycles. The Kier molecular flexibility index (Phi) is 6.41. The average Bonchev–Trinajstić information content (AvgIpc) is 2.45. The van der Waals surface area contributed by atoms with Crippen LogP contribution in [0.5, 0.6) is 5.75 Å². The summed E-state index contributed by atoms with van der Waals surface area (Å²) in [5, 5.41) is 21.0. The number of benzene rings is 1. The van der Waals surface area contributed by atoms with Crippen molar-refractivity contribution in [3.05, 3.63) is 30.1 Å². The van der Waals surface area contributed by atoms with Gasteiger partial charge in [0.15, 0.2) is 0 Å². The van der Waals surface area contributed by atoms with Crippen molar-refractivity contribution < 1.29 is 24.1 Å². The Balaban J connectivity index is 2.40. The van der Waals surface area contributed by atoms with Crippen LogP contribution in [-0.4, -0.2) is 41.5 Å². The number of nitrogens with one attached hydrogen (secondary N) is 1. The minimum absolute atomic E-state index is 0.0538. The van der Waals surface area contributed by atoms with Crippen molar-refractivity contribution in [2.75, 3.05) is 19.8 Å². The first-order valence-corrected chi connectivity index (χ1v) is 6.46. The first-order chi connectivity index (χ1) is 9.55. The highest BCUT2D eigenvalue weighted by Gasteiger charge is 2.28. The van der Waals surface area contributed by atoms with E-state index in [1.54, 1.807) is 13.0 Å². The molecule has 0 aliphatic heterocycles. The fourth-order valence-corrected chi connectivity index (χ4v) is 1.62. The van der Waals surface area contributed by atoms with Gasteiger partial charge in [-0.15, -0.1) is 0 Å². The zero-order chi connectivity index (χ0) is 15.0. The molecule has 0 aliphatic carbocycles. The van der Waals surface area contributed by atoms with Crippen LogP contribution < -0.4 is 10.1 Å². The van der Waals surface area contributed by atoms with Crippen LogP contribution in [0.1, 0.15) is 19.8 Å². The molecule has 1 amide bonds. The number of rotatable bonds is 8. The normalized spacial score (nSPS) is 11.2. The highest BCUT2D eigenvalue weighted by molar-refractivity contribution is 5.77. The van der Waals surface area contributed by atoms with Gasteiger partial charge >= 0.3 is 0 Å². The van der Waals surface area contributed by atoms with Crippen LogP contribution in [0.3, 0.4) is 0 Å². The highest BCUT2D eigenvalue weighted by atomic mass is 19.1. The second kappa shape index (κ2) is 7.81. The quantitative estimate of drug-likeness (QED) is 0.661. The van der Waals surface area contributed by atoms with Crippen LogP contribution in [-0.2, 0) is 4.79 Å². The molecule has 0 saturated heterocycles. The molecule has 1 rings (SSSR count). The Morgan fingerprint density at radius 1 is 1.40 bits per heavy atom. The maximum atomic E-state index is 12.9. The minimum atomic E-state index is -1.00. The summed E-state index contributed by atoms with van der Waals surface area (Å²) in [5.74, 6) is -0.396. The molecular formula is C14H20FNO4. The van der Waals surface area contributed by atoms with Crippen molar-refractivity contribution in [1.29, 1.82) is 0 Å². The van der Waals surface area contributed by atoms with Crippen molar-refractivity contribution in [2.24, 2.45) is 0 Å². The van der Waals surface area contributed by atoms with E-state index in [1.807, 2.05) is 0 Å². The lowest BCUT2D eigenvalue weighted by Gasteiger charge is -2.29. The van der Waals surface area contributed by atoms with E-state index < -0.39 is 11.4 Å². The predicted molar refractivity (Wildman–Crippen MR) is 71.8 cm³/mol. The lowest BCUT2D eigenvalue weighted by Crippen LogP contribution is -2.54. The van der Waals surface area contributed by atoms with E-state index in [0.29, 0.717) is 12.2 Å². The average molecular weight is 285 g/mol. The van der Waals surface area contributed by atoms with Crippen molar-refractivity contribution in [3.63, 3.8) is 0 Å². The third-order valence-corrected chi connectivity index (χ3v) is 3.08. The smallest absolute Gasteiger partial charge is 0.224 e. The van der Waals surface area contributed by atoms with E-state index in [0.717, 1.165) is 0 Å². The van der Waals surface area contributed by atoms with Gasteiger partial charge in [-0.25, -0.2) is 4.39 Å². The number of ether oxygens (including phenoxy) is 1. The molecule has 0 aliphatic rings. The van der Waals surface area contributed by atoms with E-state index in [4.69, 9.17) is 4.74 Å². The fourth-order valence-electron chi connectivity index (χ4n) is 1.62. The monoisotopic (exact) mass is 285 g/mol. The first kappa shape index (κ1) is 16.4. The molecule has 1 aromatic rings. The third-order valence-electron chi connectivity index (χ3n) is 3.08. The number of amides is 1. The number of halogens is 1. The van der Waals surface area contributed by atoms with Gasteiger partial charge in [0.25, 0.3) is 0 Å². The molecule has 6 heteroatoms. The number of carbonyl (C=O) groups is 1. The maximum Gasteiger partial charge on any atom is 0.224 e. The summed E-state index contributed by atoms with van der Waals surface area (Å²) in [4.78, 5) is 11.7. The highest BCUT2D eigenvalue weighted by Crippen LogP contribution is 2.12.